The van der Waals surface area contributed by atoms with Crippen molar-refractivity contribution < 1.29 is 14.6 Å². The third-order valence-electron chi connectivity index (χ3n) is 2.82. The molecule has 0 saturated heterocycles. The molecule has 1 amide bonds. The fourth-order valence-corrected chi connectivity index (χ4v) is 1.62. The molecule has 1 unspecified atom stereocenters. The van der Waals surface area contributed by atoms with Crippen LogP contribution in [-0.2, 0) is 4.74 Å². The predicted octanol–water partition coefficient (Wildman–Crippen LogP) is 3.09. The second kappa shape index (κ2) is 7.62. The summed E-state index contributed by atoms with van der Waals surface area (Å²) in [6.07, 6.45) is 3.87. The van der Waals surface area contributed by atoms with E-state index in [2.05, 4.69) is 12.2 Å². The molecule has 18 heavy (non-hydrogen) atoms. The van der Waals surface area contributed by atoms with Gasteiger partial charge in [-0.2, -0.15) is 0 Å². The Morgan fingerprint density at radius 3 is 2.28 bits per heavy atom. The van der Waals surface area contributed by atoms with Crippen LogP contribution in [-0.4, -0.2) is 30.0 Å². The molecule has 0 aromatic carbocycles. The summed E-state index contributed by atoms with van der Waals surface area (Å²) < 4.78 is 5.17. The maximum absolute atomic E-state index is 11.5. The highest BCUT2D eigenvalue weighted by atomic mass is 16.6. The van der Waals surface area contributed by atoms with Crippen LogP contribution >= 0.6 is 0 Å². The van der Waals surface area contributed by atoms with E-state index in [9.17, 15) is 9.90 Å². The van der Waals surface area contributed by atoms with Crippen molar-refractivity contribution in [3.05, 3.63) is 0 Å². The minimum atomic E-state index is -0.484. The number of unbranched alkanes of at least 4 members (excludes halogenated alkanes) is 2. The molecule has 0 fully saturated rings. The van der Waals surface area contributed by atoms with Gasteiger partial charge in [-0.25, -0.2) is 4.79 Å². The average Bonchev–Trinajstić information content (AvgIpc) is 2.25. The van der Waals surface area contributed by atoms with Crippen LogP contribution in [0.15, 0.2) is 0 Å². The number of aliphatic hydroxyl groups excluding tert-OH is 1. The van der Waals surface area contributed by atoms with Crippen molar-refractivity contribution >= 4 is 6.09 Å². The fraction of sp³-hybridized carbons (Fsp3) is 0.929. The number of carbonyl (C=O) groups excluding carboxylic acids is 1. The molecule has 0 bridgehead atoms. The number of carbonyl (C=O) groups is 1. The summed E-state index contributed by atoms with van der Waals surface area (Å²) in [5, 5.41) is 12.2. The third kappa shape index (κ3) is 8.34. The van der Waals surface area contributed by atoms with Crippen LogP contribution in [0.3, 0.4) is 0 Å². The number of alkyl carbamates (subject to hydrolysis) is 1. The summed E-state index contributed by atoms with van der Waals surface area (Å²) in [6.45, 7) is 10.2. The molecule has 108 valence electrons. The summed E-state index contributed by atoms with van der Waals surface area (Å²) >= 11 is 0. The number of nitrogens with one attached hydrogen (secondary N) is 1. The van der Waals surface area contributed by atoms with Gasteiger partial charge in [-0.1, -0.05) is 33.1 Å². The Kier molecular flexibility index (Phi) is 7.29. The number of amides is 1. The highest BCUT2D eigenvalue weighted by Gasteiger charge is 2.25. The predicted molar refractivity (Wildman–Crippen MR) is 73.6 cm³/mol. The lowest BCUT2D eigenvalue weighted by Gasteiger charge is -2.28. The van der Waals surface area contributed by atoms with Gasteiger partial charge in [0.2, 0.25) is 0 Å². The molecular formula is C14H29NO3. The first kappa shape index (κ1) is 17.2. The highest BCUT2D eigenvalue weighted by Crippen LogP contribution is 2.23. The lowest BCUT2D eigenvalue weighted by atomic mass is 9.85. The van der Waals surface area contributed by atoms with Gasteiger partial charge in [0, 0.05) is 12.0 Å². The zero-order valence-electron chi connectivity index (χ0n) is 12.5. The lowest BCUT2D eigenvalue weighted by Crippen LogP contribution is -2.40. The van der Waals surface area contributed by atoms with E-state index in [1.165, 1.54) is 0 Å². The van der Waals surface area contributed by atoms with Crippen LogP contribution in [0.5, 0.6) is 0 Å². The quantitative estimate of drug-likeness (QED) is 0.691. The minimum Gasteiger partial charge on any atom is -0.444 e. The Hall–Kier alpha value is -0.770. The molecule has 4 nitrogen and oxygen atoms in total. The van der Waals surface area contributed by atoms with E-state index in [1.54, 1.807) is 0 Å². The average molecular weight is 259 g/mol. The van der Waals surface area contributed by atoms with Gasteiger partial charge in [0.25, 0.3) is 0 Å². The SMILES string of the molecule is CCCCCC(C)(CO)CNC(=O)OC(C)(C)C. The van der Waals surface area contributed by atoms with Crippen molar-refractivity contribution in [2.75, 3.05) is 13.2 Å². The van der Waals surface area contributed by atoms with Gasteiger partial charge < -0.3 is 15.2 Å². The van der Waals surface area contributed by atoms with Crippen LogP contribution < -0.4 is 5.32 Å². The molecule has 0 radical (unpaired) electrons. The molecule has 1 atom stereocenters. The standard InChI is InChI=1S/C14H29NO3/c1-6-7-8-9-14(5,11-16)10-15-12(17)18-13(2,3)4/h16H,6-11H2,1-5H3,(H,15,17). The van der Waals surface area contributed by atoms with E-state index in [0.29, 0.717) is 6.54 Å². The van der Waals surface area contributed by atoms with Gasteiger partial charge in [-0.05, 0) is 27.2 Å². The van der Waals surface area contributed by atoms with Gasteiger partial charge in [0.15, 0.2) is 0 Å². The maximum Gasteiger partial charge on any atom is 0.407 e. The zero-order valence-corrected chi connectivity index (χ0v) is 12.5. The van der Waals surface area contributed by atoms with Crippen LogP contribution in [0.25, 0.3) is 0 Å². The molecule has 0 aromatic heterocycles. The van der Waals surface area contributed by atoms with Crippen LogP contribution in [0.2, 0.25) is 0 Å². The second-order valence-corrected chi connectivity index (χ2v) is 6.28. The van der Waals surface area contributed by atoms with Crippen LogP contribution in [0.1, 0.15) is 60.3 Å². The molecule has 0 aliphatic rings. The van der Waals surface area contributed by atoms with Crippen molar-refractivity contribution in [2.24, 2.45) is 5.41 Å². The summed E-state index contributed by atoms with van der Waals surface area (Å²) in [5.41, 5.74) is -0.742. The monoisotopic (exact) mass is 259 g/mol. The molecule has 2 N–H and O–H groups in total. The van der Waals surface area contributed by atoms with Crippen molar-refractivity contribution in [1.29, 1.82) is 0 Å². The molecule has 4 heteroatoms. The van der Waals surface area contributed by atoms with E-state index in [0.717, 1.165) is 25.7 Å². The topological polar surface area (TPSA) is 58.6 Å². The van der Waals surface area contributed by atoms with E-state index >= 15 is 0 Å². The molecule has 0 aliphatic carbocycles. The Labute approximate surface area is 111 Å². The van der Waals surface area contributed by atoms with E-state index < -0.39 is 11.7 Å². The van der Waals surface area contributed by atoms with Gasteiger partial charge in [0.1, 0.15) is 5.60 Å². The first-order chi connectivity index (χ1) is 8.22. The largest absolute Gasteiger partial charge is 0.444 e. The van der Waals surface area contributed by atoms with E-state index in [1.807, 2.05) is 27.7 Å². The summed E-state index contributed by atoms with van der Waals surface area (Å²) in [7, 11) is 0. The fourth-order valence-electron chi connectivity index (χ4n) is 1.62. The summed E-state index contributed by atoms with van der Waals surface area (Å²) in [4.78, 5) is 11.5. The zero-order chi connectivity index (χ0) is 14.2. The number of ether oxygens (including phenoxy) is 1. The molecule has 0 rings (SSSR count). The van der Waals surface area contributed by atoms with Gasteiger partial charge >= 0.3 is 6.09 Å². The summed E-state index contributed by atoms with van der Waals surface area (Å²) in [6, 6.07) is 0. The first-order valence-corrected chi connectivity index (χ1v) is 6.80. The van der Waals surface area contributed by atoms with Crippen molar-refractivity contribution in [3.63, 3.8) is 0 Å². The Morgan fingerprint density at radius 2 is 1.83 bits per heavy atom. The number of rotatable bonds is 7. The molecule has 0 spiro atoms. The molecule has 0 saturated carbocycles. The lowest BCUT2D eigenvalue weighted by molar-refractivity contribution is 0.0470. The van der Waals surface area contributed by atoms with Gasteiger partial charge in [-0.3, -0.25) is 0 Å². The van der Waals surface area contributed by atoms with Crippen molar-refractivity contribution in [1.82, 2.24) is 5.32 Å². The highest BCUT2D eigenvalue weighted by molar-refractivity contribution is 5.67. The Bertz CT molecular complexity index is 248. The first-order valence-electron chi connectivity index (χ1n) is 6.80. The summed E-state index contributed by atoms with van der Waals surface area (Å²) in [5.74, 6) is 0. The number of hydrogen-bond donors (Lipinski definition) is 2. The maximum atomic E-state index is 11.5. The van der Waals surface area contributed by atoms with Gasteiger partial charge in [-0.15, -0.1) is 0 Å². The minimum absolute atomic E-state index is 0.0759. The molecular weight excluding hydrogens is 230 g/mol. The second-order valence-electron chi connectivity index (χ2n) is 6.28. The van der Waals surface area contributed by atoms with Crippen LogP contribution in [0, 0.1) is 5.41 Å². The van der Waals surface area contributed by atoms with Crippen molar-refractivity contribution in [3.8, 4) is 0 Å². The normalized spacial score (nSPS) is 15.0. The van der Waals surface area contributed by atoms with Crippen molar-refractivity contribution in [2.45, 2.75) is 65.9 Å². The number of aliphatic hydroxyl groups is 1. The molecule has 0 aliphatic heterocycles. The Balaban J connectivity index is 4.08. The van der Waals surface area contributed by atoms with Crippen LogP contribution in [0.4, 0.5) is 4.79 Å². The van der Waals surface area contributed by atoms with E-state index in [4.69, 9.17) is 4.74 Å². The smallest absolute Gasteiger partial charge is 0.407 e. The number of hydrogen-bond acceptors (Lipinski definition) is 3. The van der Waals surface area contributed by atoms with E-state index in [-0.39, 0.29) is 12.0 Å². The molecule has 0 aromatic rings. The Morgan fingerprint density at radius 1 is 1.22 bits per heavy atom. The van der Waals surface area contributed by atoms with Gasteiger partial charge in [0.05, 0.1) is 6.61 Å². The molecule has 0 heterocycles. The third-order valence-corrected chi connectivity index (χ3v) is 2.82.